The molecule has 1 fully saturated rings. The van der Waals surface area contributed by atoms with Crippen molar-refractivity contribution in [1.82, 2.24) is 9.21 Å². The highest BCUT2D eigenvalue weighted by molar-refractivity contribution is 7.89. The van der Waals surface area contributed by atoms with E-state index in [0.29, 0.717) is 0 Å². The first-order valence-corrected chi connectivity index (χ1v) is 10.7. The van der Waals surface area contributed by atoms with Gasteiger partial charge in [-0.15, -0.1) is 0 Å². The van der Waals surface area contributed by atoms with E-state index in [9.17, 15) is 18.3 Å². The lowest BCUT2D eigenvalue weighted by atomic mass is 9.87. The van der Waals surface area contributed by atoms with Crippen molar-refractivity contribution >= 4 is 15.9 Å². The van der Waals surface area contributed by atoms with Crippen LogP contribution >= 0.6 is 0 Å². The standard InChI is InChI=1S/C21H26N2O4S/c1-21(2,3)16-8-10-17(11-9-16)28(26,27)23-14-12-22(13-15-23)20(25)18-6-4-5-7-19(18)24/h4-11,24H,12-15H2,1-3H3. The van der Waals surface area contributed by atoms with E-state index in [4.69, 9.17) is 0 Å². The van der Waals surface area contributed by atoms with Gasteiger partial charge in [0.15, 0.2) is 0 Å². The molecule has 28 heavy (non-hydrogen) atoms. The predicted octanol–water partition coefficient (Wildman–Crippen LogP) is 2.84. The Hall–Kier alpha value is -2.38. The molecule has 1 N–H and O–H groups in total. The van der Waals surface area contributed by atoms with Gasteiger partial charge in [-0.3, -0.25) is 4.79 Å². The summed E-state index contributed by atoms with van der Waals surface area (Å²) in [7, 11) is -3.60. The Balaban J connectivity index is 1.70. The zero-order valence-corrected chi connectivity index (χ0v) is 17.2. The average molecular weight is 403 g/mol. The summed E-state index contributed by atoms with van der Waals surface area (Å²) in [5.41, 5.74) is 1.26. The number of hydrogen-bond acceptors (Lipinski definition) is 4. The van der Waals surface area contributed by atoms with Crippen molar-refractivity contribution in [3.8, 4) is 5.75 Å². The Kier molecular flexibility index (Phi) is 5.50. The lowest BCUT2D eigenvalue weighted by Crippen LogP contribution is -2.50. The van der Waals surface area contributed by atoms with Crippen LogP contribution in [-0.2, 0) is 15.4 Å². The lowest BCUT2D eigenvalue weighted by molar-refractivity contribution is 0.0695. The minimum absolute atomic E-state index is 0.0444. The van der Waals surface area contributed by atoms with Crippen LogP contribution in [0.2, 0.25) is 0 Å². The van der Waals surface area contributed by atoms with Gasteiger partial charge in [-0.1, -0.05) is 45.0 Å². The molecule has 1 aliphatic rings. The van der Waals surface area contributed by atoms with Crippen molar-refractivity contribution in [2.75, 3.05) is 26.2 Å². The van der Waals surface area contributed by atoms with Gasteiger partial charge in [0.1, 0.15) is 5.75 Å². The molecule has 1 amide bonds. The lowest BCUT2D eigenvalue weighted by Gasteiger charge is -2.34. The molecule has 7 heteroatoms. The number of phenols is 1. The van der Waals surface area contributed by atoms with Crippen molar-refractivity contribution in [2.24, 2.45) is 0 Å². The number of sulfonamides is 1. The van der Waals surface area contributed by atoms with Crippen LogP contribution in [0.3, 0.4) is 0 Å². The van der Waals surface area contributed by atoms with Gasteiger partial charge in [0.2, 0.25) is 10.0 Å². The second kappa shape index (κ2) is 7.56. The van der Waals surface area contributed by atoms with E-state index in [1.165, 1.54) is 10.4 Å². The smallest absolute Gasteiger partial charge is 0.257 e. The average Bonchev–Trinajstić information content (AvgIpc) is 2.67. The number of amides is 1. The molecule has 0 atom stereocenters. The minimum Gasteiger partial charge on any atom is -0.507 e. The number of benzene rings is 2. The van der Waals surface area contributed by atoms with E-state index in [-0.39, 0.29) is 53.7 Å². The normalized spacial score (nSPS) is 16.2. The predicted molar refractivity (Wildman–Crippen MR) is 108 cm³/mol. The SMILES string of the molecule is CC(C)(C)c1ccc(S(=O)(=O)N2CCN(C(=O)c3ccccc3O)CC2)cc1. The number of aromatic hydroxyl groups is 1. The first kappa shape index (κ1) is 20.4. The van der Waals surface area contributed by atoms with Crippen LogP contribution in [0.4, 0.5) is 0 Å². The number of para-hydroxylation sites is 1. The highest BCUT2D eigenvalue weighted by atomic mass is 32.2. The number of carbonyl (C=O) groups excluding carboxylic acids is 1. The number of carbonyl (C=O) groups is 1. The zero-order valence-electron chi connectivity index (χ0n) is 16.4. The third-order valence-corrected chi connectivity index (χ3v) is 6.93. The largest absolute Gasteiger partial charge is 0.507 e. The quantitative estimate of drug-likeness (QED) is 0.856. The summed E-state index contributed by atoms with van der Waals surface area (Å²) < 4.78 is 27.3. The van der Waals surface area contributed by atoms with Gasteiger partial charge < -0.3 is 10.0 Å². The maximum atomic E-state index is 12.9. The number of phenolic OH excluding ortho intramolecular Hbond substituents is 1. The summed E-state index contributed by atoms with van der Waals surface area (Å²) in [6.45, 7) is 7.26. The Labute approximate surface area is 166 Å². The van der Waals surface area contributed by atoms with Gasteiger partial charge in [-0.2, -0.15) is 4.31 Å². The van der Waals surface area contributed by atoms with Crippen LogP contribution in [0, 0.1) is 0 Å². The zero-order chi connectivity index (χ0) is 20.5. The third-order valence-electron chi connectivity index (χ3n) is 5.02. The highest BCUT2D eigenvalue weighted by Gasteiger charge is 2.31. The Morgan fingerprint density at radius 2 is 1.50 bits per heavy atom. The maximum Gasteiger partial charge on any atom is 0.257 e. The molecular weight excluding hydrogens is 376 g/mol. The molecule has 0 unspecified atom stereocenters. The van der Waals surface area contributed by atoms with E-state index < -0.39 is 10.0 Å². The third kappa shape index (κ3) is 4.05. The van der Waals surface area contributed by atoms with Crippen LogP contribution < -0.4 is 0 Å². The molecule has 0 spiro atoms. The molecule has 6 nitrogen and oxygen atoms in total. The topological polar surface area (TPSA) is 77.9 Å². The van der Waals surface area contributed by atoms with Gasteiger partial charge in [-0.25, -0.2) is 8.42 Å². The Morgan fingerprint density at radius 1 is 0.929 bits per heavy atom. The van der Waals surface area contributed by atoms with Crippen LogP contribution in [0.1, 0.15) is 36.7 Å². The molecule has 0 aliphatic carbocycles. The van der Waals surface area contributed by atoms with E-state index in [0.717, 1.165) is 5.56 Å². The summed E-state index contributed by atoms with van der Waals surface area (Å²) in [6.07, 6.45) is 0. The van der Waals surface area contributed by atoms with Crippen LogP contribution in [0.25, 0.3) is 0 Å². The van der Waals surface area contributed by atoms with Gasteiger partial charge in [0.25, 0.3) is 5.91 Å². The second-order valence-electron chi connectivity index (χ2n) is 7.99. The maximum absolute atomic E-state index is 12.9. The molecule has 1 aliphatic heterocycles. The Morgan fingerprint density at radius 3 is 2.04 bits per heavy atom. The first-order valence-electron chi connectivity index (χ1n) is 9.28. The van der Waals surface area contributed by atoms with Crippen LogP contribution in [0.15, 0.2) is 53.4 Å². The van der Waals surface area contributed by atoms with E-state index in [1.54, 1.807) is 35.2 Å². The molecule has 2 aromatic carbocycles. The highest BCUT2D eigenvalue weighted by Crippen LogP contribution is 2.25. The van der Waals surface area contributed by atoms with Crippen molar-refractivity contribution < 1.29 is 18.3 Å². The van der Waals surface area contributed by atoms with E-state index in [1.807, 2.05) is 12.1 Å². The first-order chi connectivity index (χ1) is 13.1. The number of hydrogen-bond donors (Lipinski definition) is 1. The molecule has 0 aromatic heterocycles. The van der Waals surface area contributed by atoms with Gasteiger partial charge in [0.05, 0.1) is 10.5 Å². The van der Waals surface area contributed by atoms with Crippen molar-refractivity contribution in [2.45, 2.75) is 31.1 Å². The van der Waals surface area contributed by atoms with E-state index in [2.05, 4.69) is 20.8 Å². The summed E-state index contributed by atoms with van der Waals surface area (Å²) in [6, 6.07) is 13.4. The summed E-state index contributed by atoms with van der Waals surface area (Å²) in [5.74, 6) is -0.355. The summed E-state index contributed by atoms with van der Waals surface area (Å²) >= 11 is 0. The molecule has 3 rings (SSSR count). The fourth-order valence-corrected chi connectivity index (χ4v) is 4.65. The number of nitrogens with zero attached hydrogens (tertiary/aromatic N) is 2. The fourth-order valence-electron chi connectivity index (χ4n) is 3.23. The molecule has 0 bridgehead atoms. The molecule has 1 saturated heterocycles. The minimum atomic E-state index is -3.60. The second-order valence-corrected chi connectivity index (χ2v) is 9.93. The Bertz CT molecular complexity index is 955. The number of piperazine rings is 1. The fraction of sp³-hybridized carbons (Fsp3) is 0.381. The summed E-state index contributed by atoms with van der Waals surface area (Å²) in [4.78, 5) is 14.4. The summed E-state index contributed by atoms with van der Waals surface area (Å²) in [5, 5.41) is 9.87. The molecule has 1 heterocycles. The van der Waals surface area contributed by atoms with Gasteiger partial charge in [0, 0.05) is 26.2 Å². The number of rotatable bonds is 3. The van der Waals surface area contributed by atoms with Gasteiger partial charge in [-0.05, 0) is 35.2 Å². The van der Waals surface area contributed by atoms with Crippen LogP contribution in [-0.4, -0.2) is 54.8 Å². The molecule has 0 radical (unpaired) electrons. The van der Waals surface area contributed by atoms with Crippen molar-refractivity contribution in [3.63, 3.8) is 0 Å². The monoisotopic (exact) mass is 402 g/mol. The molecular formula is C21H26N2O4S. The van der Waals surface area contributed by atoms with Crippen molar-refractivity contribution in [1.29, 1.82) is 0 Å². The van der Waals surface area contributed by atoms with Gasteiger partial charge >= 0.3 is 0 Å². The van der Waals surface area contributed by atoms with E-state index >= 15 is 0 Å². The van der Waals surface area contributed by atoms with Crippen molar-refractivity contribution in [3.05, 3.63) is 59.7 Å². The molecule has 0 saturated carbocycles. The van der Waals surface area contributed by atoms with Crippen LogP contribution in [0.5, 0.6) is 5.75 Å². The molecule has 150 valence electrons. The molecule has 2 aromatic rings.